The molecule has 0 amide bonds. The maximum Gasteiger partial charge on any atom is 0.122 e. The topological polar surface area (TPSA) is 21.3 Å². The van der Waals surface area contributed by atoms with Crippen LogP contribution in [0.1, 0.15) is 11.1 Å². The van der Waals surface area contributed by atoms with Gasteiger partial charge in [-0.15, -0.1) is 0 Å². The van der Waals surface area contributed by atoms with E-state index in [2.05, 4.69) is 47.0 Å². The third kappa shape index (κ3) is 3.16. The van der Waals surface area contributed by atoms with Crippen molar-refractivity contribution in [1.29, 1.82) is 0 Å². The highest BCUT2D eigenvalue weighted by Crippen LogP contribution is 2.26. The van der Waals surface area contributed by atoms with Gasteiger partial charge >= 0.3 is 0 Å². The van der Waals surface area contributed by atoms with E-state index in [1.165, 1.54) is 28.4 Å². The van der Waals surface area contributed by atoms with Crippen LogP contribution in [0.3, 0.4) is 0 Å². The van der Waals surface area contributed by atoms with Gasteiger partial charge in [-0.25, -0.2) is 0 Å². The van der Waals surface area contributed by atoms with Crippen LogP contribution in [0.15, 0.2) is 18.2 Å². The lowest BCUT2D eigenvalue weighted by molar-refractivity contribution is 0.357. The van der Waals surface area contributed by atoms with E-state index in [9.17, 15) is 0 Å². The van der Waals surface area contributed by atoms with Crippen LogP contribution in [-0.2, 0) is 13.0 Å². The van der Waals surface area contributed by atoms with Crippen molar-refractivity contribution >= 4 is 23.5 Å². The van der Waals surface area contributed by atoms with Gasteiger partial charge in [0.1, 0.15) is 5.75 Å². The molecule has 1 aromatic carbocycles. The maximum absolute atomic E-state index is 5.53. The summed E-state index contributed by atoms with van der Waals surface area (Å²) in [6.07, 6.45) is 1.07. The average Bonchev–Trinajstić information content (AvgIpc) is 2.87. The third-order valence-electron chi connectivity index (χ3n) is 3.34. The molecule has 0 spiro atoms. The van der Waals surface area contributed by atoms with Crippen molar-refractivity contribution in [2.24, 2.45) is 0 Å². The molecule has 2 nitrogen and oxygen atoms in total. The van der Waals surface area contributed by atoms with E-state index in [0.29, 0.717) is 0 Å². The van der Waals surface area contributed by atoms with E-state index in [1.807, 2.05) is 0 Å². The molecule has 1 aromatic rings. The second-order valence-electron chi connectivity index (χ2n) is 4.74. The second-order valence-corrected chi connectivity index (χ2v) is 7.30. The molecule has 2 heterocycles. The Morgan fingerprint density at radius 2 is 2.33 bits per heavy atom. The van der Waals surface area contributed by atoms with Gasteiger partial charge in [-0.2, -0.15) is 23.5 Å². The third-order valence-corrected chi connectivity index (χ3v) is 6.18. The van der Waals surface area contributed by atoms with Gasteiger partial charge in [-0.05, 0) is 17.2 Å². The van der Waals surface area contributed by atoms with Gasteiger partial charge < -0.3 is 10.1 Å². The predicted octanol–water partition coefficient (Wildman–Crippen LogP) is 2.56. The molecule has 18 heavy (non-hydrogen) atoms. The summed E-state index contributed by atoms with van der Waals surface area (Å²) < 4.78 is 5.53. The van der Waals surface area contributed by atoms with E-state index in [1.54, 1.807) is 0 Å². The highest BCUT2D eigenvalue weighted by atomic mass is 32.2. The molecule has 1 fully saturated rings. The van der Waals surface area contributed by atoms with E-state index >= 15 is 0 Å². The summed E-state index contributed by atoms with van der Waals surface area (Å²) in [5.41, 5.74) is 2.75. The summed E-state index contributed by atoms with van der Waals surface area (Å²) in [7, 11) is 0. The normalized spacial score (nSPS) is 22.6. The quantitative estimate of drug-likeness (QED) is 0.915. The Labute approximate surface area is 117 Å². The number of fused-ring (bicyclic) bond motifs is 1. The van der Waals surface area contributed by atoms with Gasteiger partial charge in [-0.1, -0.05) is 12.1 Å². The minimum absolute atomic E-state index is 0.793. The van der Waals surface area contributed by atoms with Crippen LogP contribution in [0.4, 0.5) is 0 Å². The summed E-state index contributed by atoms with van der Waals surface area (Å²) in [5, 5.41) is 4.38. The molecule has 3 rings (SSSR count). The SMILES string of the molecule is c1cc2c(cc1CNCC1CSCCS1)CCO2. The van der Waals surface area contributed by atoms with E-state index in [0.717, 1.165) is 37.1 Å². The Kier molecular flexibility index (Phi) is 4.39. The van der Waals surface area contributed by atoms with Crippen molar-refractivity contribution < 1.29 is 4.74 Å². The second kappa shape index (κ2) is 6.22. The number of hydrogen-bond donors (Lipinski definition) is 1. The fourth-order valence-corrected chi connectivity index (χ4v) is 5.03. The zero-order valence-corrected chi connectivity index (χ0v) is 12.1. The minimum atomic E-state index is 0.793. The molecule has 0 radical (unpaired) electrons. The van der Waals surface area contributed by atoms with E-state index < -0.39 is 0 Å². The monoisotopic (exact) mass is 281 g/mol. The van der Waals surface area contributed by atoms with Gasteiger partial charge in [-0.3, -0.25) is 0 Å². The smallest absolute Gasteiger partial charge is 0.122 e. The highest BCUT2D eigenvalue weighted by Gasteiger charge is 2.14. The molecule has 2 aliphatic rings. The summed E-state index contributed by atoms with van der Waals surface area (Å²) in [5.74, 6) is 5.02. The molecule has 0 aliphatic carbocycles. The first-order valence-corrected chi connectivity index (χ1v) is 8.77. The van der Waals surface area contributed by atoms with Crippen LogP contribution < -0.4 is 10.1 Å². The number of nitrogens with one attached hydrogen (secondary N) is 1. The van der Waals surface area contributed by atoms with Crippen molar-refractivity contribution in [1.82, 2.24) is 5.32 Å². The Balaban J connectivity index is 1.48. The number of rotatable bonds is 4. The van der Waals surface area contributed by atoms with Crippen molar-refractivity contribution in [2.75, 3.05) is 30.4 Å². The van der Waals surface area contributed by atoms with Crippen molar-refractivity contribution in [3.8, 4) is 5.75 Å². The molecule has 98 valence electrons. The Morgan fingerprint density at radius 1 is 1.33 bits per heavy atom. The van der Waals surface area contributed by atoms with Gasteiger partial charge in [0, 0.05) is 42.0 Å². The first-order chi connectivity index (χ1) is 8.92. The lowest BCUT2D eigenvalue weighted by atomic mass is 10.1. The fourth-order valence-electron chi connectivity index (χ4n) is 2.38. The lowest BCUT2D eigenvalue weighted by Crippen LogP contribution is -2.28. The Hall–Kier alpha value is -0.320. The van der Waals surface area contributed by atoms with Crippen LogP contribution in [0.25, 0.3) is 0 Å². The lowest BCUT2D eigenvalue weighted by Gasteiger charge is -2.21. The number of ether oxygens (including phenoxy) is 1. The first kappa shape index (κ1) is 12.7. The molecular formula is C14H19NOS2. The summed E-state index contributed by atoms with van der Waals surface area (Å²) >= 11 is 4.20. The van der Waals surface area contributed by atoms with Gasteiger partial charge in [0.25, 0.3) is 0 Å². The highest BCUT2D eigenvalue weighted by molar-refractivity contribution is 8.06. The van der Waals surface area contributed by atoms with Crippen LogP contribution in [0, 0.1) is 0 Å². The molecule has 1 N–H and O–H groups in total. The van der Waals surface area contributed by atoms with Crippen LogP contribution in [0.5, 0.6) is 5.75 Å². The zero-order chi connectivity index (χ0) is 12.2. The summed E-state index contributed by atoms with van der Waals surface area (Å²) in [6.45, 7) is 2.96. The van der Waals surface area contributed by atoms with Crippen LogP contribution in [-0.4, -0.2) is 35.7 Å². The standard InChI is InChI=1S/C14H19NOS2/c1-2-14-12(3-4-16-14)7-11(1)8-15-9-13-10-17-5-6-18-13/h1-2,7,13,15H,3-6,8-10H2. The zero-order valence-electron chi connectivity index (χ0n) is 10.5. The molecule has 1 unspecified atom stereocenters. The Bertz CT molecular complexity index is 405. The Morgan fingerprint density at radius 3 is 3.22 bits per heavy atom. The molecule has 0 aromatic heterocycles. The molecule has 2 aliphatic heterocycles. The first-order valence-electron chi connectivity index (χ1n) is 6.56. The number of thioether (sulfide) groups is 2. The van der Waals surface area contributed by atoms with Crippen molar-refractivity contribution in [3.05, 3.63) is 29.3 Å². The minimum Gasteiger partial charge on any atom is -0.493 e. The predicted molar refractivity (Wildman–Crippen MR) is 80.9 cm³/mol. The van der Waals surface area contributed by atoms with Crippen molar-refractivity contribution in [2.45, 2.75) is 18.2 Å². The number of benzene rings is 1. The van der Waals surface area contributed by atoms with Gasteiger partial charge in [0.15, 0.2) is 0 Å². The molecule has 0 bridgehead atoms. The van der Waals surface area contributed by atoms with E-state index in [-0.39, 0.29) is 0 Å². The molecule has 1 saturated heterocycles. The van der Waals surface area contributed by atoms with Crippen LogP contribution in [0.2, 0.25) is 0 Å². The molecule has 1 atom stereocenters. The molecule has 4 heteroatoms. The number of hydrogen-bond acceptors (Lipinski definition) is 4. The van der Waals surface area contributed by atoms with E-state index in [4.69, 9.17) is 4.74 Å². The van der Waals surface area contributed by atoms with Crippen LogP contribution >= 0.6 is 23.5 Å². The van der Waals surface area contributed by atoms with Gasteiger partial charge in [0.05, 0.1) is 6.61 Å². The summed E-state index contributed by atoms with van der Waals surface area (Å²) in [6, 6.07) is 6.59. The average molecular weight is 281 g/mol. The molecular weight excluding hydrogens is 262 g/mol. The largest absolute Gasteiger partial charge is 0.493 e. The van der Waals surface area contributed by atoms with Gasteiger partial charge in [0.2, 0.25) is 0 Å². The van der Waals surface area contributed by atoms with Crippen molar-refractivity contribution in [3.63, 3.8) is 0 Å². The molecule has 0 saturated carbocycles. The fraction of sp³-hybridized carbons (Fsp3) is 0.571. The summed E-state index contributed by atoms with van der Waals surface area (Å²) in [4.78, 5) is 0. The maximum atomic E-state index is 5.53.